The topological polar surface area (TPSA) is 66.9 Å². The van der Waals surface area contributed by atoms with Gasteiger partial charge in [-0.1, -0.05) is 18.2 Å². The molecule has 1 aromatic heterocycles. The molecule has 1 aliphatic rings. The highest BCUT2D eigenvalue weighted by Crippen LogP contribution is 2.27. The zero-order valence-electron chi connectivity index (χ0n) is 10.3. The van der Waals surface area contributed by atoms with E-state index in [-0.39, 0.29) is 12.1 Å². The van der Waals surface area contributed by atoms with Gasteiger partial charge in [-0.05, 0) is 29.8 Å². The third-order valence-electron chi connectivity index (χ3n) is 3.36. The van der Waals surface area contributed by atoms with Crippen molar-refractivity contribution in [3.05, 3.63) is 53.6 Å². The van der Waals surface area contributed by atoms with Crippen LogP contribution in [0.5, 0.6) is 0 Å². The zero-order chi connectivity index (χ0) is 13.5. The number of rotatable bonds is 1. The largest absolute Gasteiger partial charge is 0.361 e. The molecule has 2 heterocycles. The maximum absolute atomic E-state index is 12.1. The molecule has 20 heavy (non-hydrogen) atoms. The second kappa shape index (κ2) is 4.28. The van der Waals surface area contributed by atoms with Gasteiger partial charge in [0.1, 0.15) is 17.2 Å². The maximum atomic E-state index is 12.1. The molecule has 0 fully saturated rings. The number of anilines is 1. The number of fused-ring (bicyclic) bond motifs is 2. The van der Waals surface area contributed by atoms with Crippen LogP contribution >= 0.6 is 11.7 Å². The molecular formula is C14H10N4OS. The monoisotopic (exact) mass is 282 g/mol. The van der Waals surface area contributed by atoms with Crippen LogP contribution in [-0.2, 0) is 0 Å². The van der Waals surface area contributed by atoms with Crippen molar-refractivity contribution in [2.45, 2.75) is 6.17 Å². The van der Waals surface area contributed by atoms with Gasteiger partial charge in [-0.2, -0.15) is 8.75 Å². The summed E-state index contributed by atoms with van der Waals surface area (Å²) in [4.78, 5) is 12.1. The van der Waals surface area contributed by atoms with E-state index in [4.69, 9.17) is 0 Å². The van der Waals surface area contributed by atoms with E-state index in [1.54, 1.807) is 6.07 Å². The van der Waals surface area contributed by atoms with Gasteiger partial charge in [0.15, 0.2) is 0 Å². The van der Waals surface area contributed by atoms with Crippen LogP contribution < -0.4 is 10.6 Å². The number of hydrogen-bond donors (Lipinski definition) is 2. The van der Waals surface area contributed by atoms with Crippen molar-refractivity contribution in [3.63, 3.8) is 0 Å². The number of nitrogens with one attached hydrogen (secondary N) is 2. The summed E-state index contributed by atoms with van der Waals surface area (Å²) in [6.45, 7) is 0. The van der Waals surface area contributed by atoms with E-state index in [1.807, 2.05) is 36.4 Å². The summed E-state index contributed by atoms with van der Waals surface area (Å²) in [6, 6.07) is 13.3. The Labute approximate surface area is 119 Å². The molecule has 2 aromatic carbocycles. The molecule has 0 radical (unpaired) electrons. The lowest BCUT2D eigenvalue weighted by Crippen LogP contribution is -2.38. The van der Waals surface area contributed by atoms with E-state index >= 15 is 0 Å². The summed E-state index contributed by atoms with van der Waals surface area (Å²) in [5, 5.41) is 6.27. The number of amides is 1. The number of benzene rings is 2. The molecule has 0 aliphatic carbocycles. The molecule has 4 rings (SSSR count). The van der Waals surface area contributed by atoms with E-state index in [9.17, 15) is 4.79 Å². The van der Waals surface area contributed by atoms with Crippen LogP contribution in [0.4, 0.5) is 5.69 Å². The highest BCUT2D eigenvalue weighted by atomic mass is 32.1. The van der Waals surface area contributed by atoms with Gasteiger partial charge in [0.25, 0.3) is 5.91 Å². The molecule has 5 nitrogen and oxygen atoms in total. The fourth-order valence-corrected chi connectivity index (χ4v) is 2.87. The minimum Gasteiger partial charge on any atom is -0.361 e. The lowest BCUT2D eigenvalue weighted by molar-refractivity contribution is 0.0935. The fraction of sp³-hybridized carbons (Fsp3) is 0.0714. The van der Waals surface area contributed by atoms with Crippen LogP contribution in [0.1, 0.15) is 22.1 Å². The fourth-order valence-electron chi connectivity index (χ4n) is 2.35. The normalized spacial score (nSPS) is 17.4. The molecule has 2 N–H and O–H groups in total. The molecule has 0 saturated heterocycles. The van der Waals surface area contributed by atoms with Gasteiger partial charge < -0.3 is 10.6 Å². The molecule has 0 bridgehead atoms. The van der Waals surface area contributed by atoms with Crippen LogP contribution in [-0.4, -0.2) is 14.7 Å². The zero-order valence-corrected chi connectivity index (χ0v) is 11.1. The molecule has 1 amide bonds. The summed E-state index contributed by atoms with van der Waals surface area (Å²) < 4.78 is 8.41. The van der Waals surface area contributed by atoms with Crippen molar-refractivity contribution in [2.75, 3.05) is 5.32 Å². The SMILES string of the molecule is O=C1NC(c2ccc3nsnc3c2)Nc2ccccc21. The van der Waals surface area contributed by atoms with Crippen molar-refractivity contribution in [1.82, 2.24) is 14.1 Å². The van der Waals surface area contributed by atoms with Crippen LogP contribution in [0.15, 0.2) is 42.5 Å². The van der Waals surface area contributed by atoms with E-state index in [0.29, 0.717) is 5.56 Å². The number of hydrogen-bond acceptors (Lipinski definition) is 5. The average Bonchev–Trinajstić information content (AvgIpc) is 2.94. The van der Waals surface area contributed by atoms with Crippen molar-refractivity contribution in [2.24, 2.45) is 0 Å². The molecule has 1 atom stereocenters. The number of para-hydroxylation sites is 1. The Morgan fingerprint density at radius 1 is 1.00 bits per heavy atom. The third kappa shape index (κ3) is 1.73. The highest BCUT2D eigenvalue weighted by molar-refractivity contribution is 7.00. The Balaban J connectivity index is 1.75. The number of aromatic nitrogens is 2. The lowest BCUT2D eigenvalue weighted by atomic mass is 10.1. The van der Waals surface area contributed by atoms with Crippen molar-refractivity contribution >= 4 is 34.4 Å². The first-order valence-corrected chi connectivity index (χ1v) is 6.93. The first-order valence-electron chi connectivity index (χ1n) is 6.20. The molecule has 6 heteroatoms. The minimum atomic E-state index is -0.247. The van der Waals surface area contributed by atoms with Gasteiger partial charge in [-0.3, -0.25) is 4.79 Å². The summed E-state index contributed by atoms with van der Waals surface area (Å²) in [7, 11) is 0. The van der Waals surface area contributed by atoms with Gasteiger partial charge in [-0.15, -0.1) is 0 Å². The first-order chi connectivity index (χ1) is 9.81. The Hall–Kier alpha value is -2.47. The van der Waals surface area contributed by atoms with Gasteiger partial charge in [0.2, 0.25) is 0 Å². The standard InChI is InChI=1S/C14H10N4OS/c19-14-9-3-1-2-4-10(9)15-13(16-14)8-5-6-11-12(7-8)18-20-17-11/h1-7,13,15H,(H,16,19). The Morgan fingerprint density at radius 2 is 1.85 bits per heavy atom. The summed E-state index contributed by atoms with van der Waals surface area (Å²) in [5.41, 5.74) is 4.20. The summed E-state index contributed by atoms with van der Waals surface area (Å²) >= 11 is 1.19. The Kier molecular flexibility index (Phi) is 2.43. The average molecular weight is 282 g/mol. The van der Waals surface area contributed by atoms with Crippen LogP contribution in [0.3, 0.4) is 0 Å². The lowest BCUT2D eigenvalue weighted by Gasteiger charge is -2.28. The van der Waals surface area contributed by atoms with E-state index in [0.717, 1.165) is 22.3 Å². The molecular weight excluding hydrogens is 272 g/mol. The first kappa shape index (κ1) is 11.4. The van der Waals surface area contributed by atoms with Crippen molar-refractivity contribution in [3.8, 4) is 0 Å². The number of carbonyl (C=O) groups is 1. The predicted octanol–water partition coefficient (Wildman–Crippen LogP) is 2.55. The minimum absolute atomic E-state index is 0.0687. The van der Waals surface area contributed by atoms with Crippen LogP contribution in [0.25, 0.3) is 11.0 Å². The molecule has 0 spiro atoms. The van der Waals surface area contributed by atoms with Crippen LogP contribution in [0, 0.1) is 0 Å². The van der Waals surface area contributed by atoms with Crippen molar-refractivity contribution < 1.29 is 4.79 Å². The smallest absolute Gasteiger partial charge is 0.255 e. The maximum Gasteiger partial charge on any atom is 0.255 e. The number of carbonyl (C=O) groups excluding carboxylic acids is 1. The second-order valence-corrected chi connectivity index (χ2v) is 5.14. The Bertz CT molecular complexity index is 814. The van der Waals surface area contributed by atoms with E-state index in [2.05, 4.69) is 19.4 Å². The van der Waals surface area contributed by atoms with Gasteiger partial charge in [-0.25, -0.2) is 0 Å². The van der Waals surface area contributed by atoms with Gasteiger partial charge >= 0.3 is 0 Å². The van der Waals surface area contributed by atoms with Crippen LogP contribution in [0.2, 0.25) is 0 Å². The molecule has 1 aliphatic heterocycles. The van der Waals surface area contributed by atoms with E-state index < -0.39 is 0 Å². The van der Waals surface area contributed by atoms with E-state index in [1.165, 1.54) is 11.7 Å². The number of nitrogens with zero attached hydrogens (tertiary/aromatic N) is 2. The molecule has 0 saturated carbocycles. The van der Waals surface area contributed by atoms with Gasteiger partial charge in [0, 0.05) is 5.69 Å². The van der Waals surface area contributed by atoms with Gasteiger partial charge in [0.05, 0.1) is 17.3 Å². The molecule has 3 aromatic rings. The predicted molar refractivity (Wildman–Crippen MR) is 77.7 cm³/mol. The molecule has 98 valence electrons. The quantitative estimate of drug-likeness (QED) is 0.720. The second-order valence-electron chi connectivity index (χ2n) is 4.61. The molecule has 1 unspecified atom stereocenters. The third-order valence-corrected chi connectivity index (χ3v) is 3.91. The highest BCUT2D eigenvalue weighted by Gasteiger charge is 2.24. The Morgan fingerprint density at radius 3 is 2.80 bits per heavy atom. The van der Waals surface area contributed by atoms with Crippen molar-refractivity contribution in [1.29, 1.82) is 0 Å². The summed E-state index contributed by atoms with van der Waals surface area (Å²) in [5.74, 6) is -0.0687. The summed E-state index contributed by atoms with van der Waals surface area (Å²) in [6.07, 6.45) is -0.247.